The second-order valence-electron chi connectivity index (χ2n) is 5.83. The summed E-state index contributed by atoms with van der Waals surface area (Å²) >= 11 is 0. The molecule has 1 aliphatic heterocycles. The Kier molecular flexibility index (Phi) is 5.98. The Morgan fingerprint density at radius 1 is 1.17 bits per heavy atom. The van der Waals surface area contributed by atoms with Gasteiger partial charge in [-0.3, -0.25) is 4.79 Å². The average Bonchev–Trinajstić information content (AvgIpc) is 2.53. The molecule has 0 spiro atoms. The normalized spacial score (nSPS) is 23.1. The maximum atomic E-state index is 12.4. The first-order chi connectivity index (χ1) is 11.1. The van der Waals surface area contributed by atoms with E-state index < -0.39 is 0 Å². The average molecular weight is 319 g/mol. The highest BCUT2D eigenvalue weighted by atomic mass is 16.3. The Labute approximate surface area is 136 Å². The van der Waals surface area contributed by atoms with Gasteiger partial charge in [0.25, 0.3) is 0 Å². The van der Waals surface area contributed by atoms with E-state index in [1.165, 1.54) is 6.92 Å². The van der Waals surface area contributed by atoms with Crippen LogP contribution in [0.2, 0.25) is 0 Å². The maximum absolute atomic E-state index is 12.4. The van der Waals surface area contributed by atoms with Crippen LogP contribution in [0.5, 0.6) is 0 Å². The van der Waals surface area contributed by atoms with Crippen molar-refractivity contribution in [3.8, 4) is 0 Å². The van der Waals surface area contributed by atoms with Gasteiger partial charge in [0, 0.05) is 25.9 Å². The summed E-state index contributed by atoms with van der Waals surface area (Å²) in [5.41, 5.74) is 1.07. The molecule has 1 aromatic rings. The Morgan fingerprint density at radius 3 is 2.43 bits per heavy atom. The Hall–Kier alpha value is -2.08. The first-order valence-corrected chi connectivity index (χ1v) is 8.06. The summed E-state index contributed by atoms with van der Waals surface area (Å²) in [5, 5.41) is 15.4. The van der Waals surface area contributed by atoms with Crippen LogP contribution in [0.25, 0.3) is 0 Å². The van der Waals surface area contributed by atoms with Crippen LogP contribution < -0.4 is 10.6 Å². The molecule has 3 amide bonds. The summed E-state index contributed by atoms with van der Waals surface area (Å²) in [6.07, 6.45) is 0.849. The Balaban J connectivity index is 2.19. The number of rotatable bonds is 6. The molecule has 2 rings (SSSR count). The molecule has 3 N–H and O–H groups in total. The smallest absolute Gasteiger partial charge is 0.318 e. The van der Waals surface area contributed by atoms with Crippen molar-refractivity contribution in [2.24, 2.45) is 0 Å². The number of hydrogen-bond donors (Lipinski definition) is 3. The number of nitrogens with one attached hydrogen (secondary N) is 2. The van der Waals surface area contributed by atoms with Crippen LogP contribution in [0.1, 0.15) is 31.7 Å². The molecule has 0 aromatic heterocycles. The largest absolute Gasteiger partial charge is 0.394 e. The van der Waals surface area contributed by atoms with Gasteiger partial charge in [-0.1, -0.05) is 37.3 Å². The van der Waals surface area contributed by atoms with Gasteiger partial charge in [0.15, 0.2) is 0 Å². The zero-order chi connectivity index (χ0) is 16.8. The highest BCUT2D eigenvalue weighted by Gasteiger charge is 2.50. The van der Waals surface area contributed by atoms with Crippen LogP contribution in [0, 0.1) is 0 Å². The SMILES string of the molecule is CCCNC(=O)N1[C@H](CO)[C@@H](c2ccccc2)[C@@H]1CNC(C)=O. The molecule has 6 nitrogen and oxygen atoms in total. The second kappa shape index (κ2) is 7.97. The van der Waals surface area contributed by atoms with E-state index in [2.05, 4.69) is 10.6 Å². The zero-order valence-electron chi connectivity index (χ0n) is 13.7. The van der Waals surface area contributed by atoms with Crippen molar-refractivity contribution in [1.29, 1.82) is 0 Å². The van der Waals surface area contributed by atoms with Gasteiger partial charge in [-0.25, -0.2) is 4.79 Å². The first kappa shape index (κ1) is 17.3. The molecule has 1 aliphatic rings. The number of hydrogen-bond acceptors (Lipinski definition) is 3. The van der Waals surface area contributed by atoms with Gasteiger partial charge in [0.05, 0.1) is 18.7 Å². The van der Waals surface area contributed by atoms with E-state index in [1.54, 1.807) is 4.90 Å². The van der Waals surface area contributed by atoms with E-state index in [9.17, 15) is 14.7 Å². The Morgan fingerprint density at radius 2 is 1.87 bits per heavy atom. The molecule has 0 bridgehead atoms. The van der Waals surface area contributed by atoms with E-state index in [0.717, 1.165) is 12.0 Å². The highest BCUT2D eigenvalue weighted by molar-refractivity contribution is 5.77. The van der Waals surface area contributed by atoms with E-state index in [4.69, 9.17) is 0 Å². The lowest BCUT2D eigenvalue weighted by atomic mass is 9.75. The summed E-state index contributed by atoms with van der Waals surface area (Å²) in [6.45, 7) is 4.32. The zero-order valence-corrected chi connectivity index (χ0v) is 13.7. The minimum Gasteiger partial charge on any atom is -0.394 e. The molecule has 1 saturated heterocycles. The van der Waals surface area contributed by atoms with Gasteiger partial charge in [0.2, 0.25) is 5.91 Å². The summed E-state index contributed by atoms with van der Waals surface area (Å²) in [7, 11) is 0. The fourth-order valence-electron chi connectivity index (χ4n) is 3.17. The third-order valence-corrected chi connectivity index (χ3v) is 4.24. The molecule has 3 atom stereocenters. The van der Waals surface area contributed by atoms with Crippen molar-refractivity contribution >= 4 is 11.9 Å². The number of nitrogens with zero attached hydrogens (tertiary/aromatic N) is 1. The number of likely N-dealkylation sites (tertiary alicyclic amines) is 1. The third-order valence-electron chi connectivity index (χ3n) is 4.24. The summed E-state index contributed by atoms with van der Waals surface area (Å²) in [4.78, 5) is 25.3. The van der Waals surface area contributed by atoms with E-state index in [-0.39, 0.29) is 36.5 Å². The molecule has 0 aliphatic carbocycles. The van der Waals surface area contributed by atoms with Crippen LogP contribution in [0.15, 0.2) is 30.3 Å². The number of amides is 3. The number of carbonyl (C=O) groups is 2. The lowest BCUT2D eigenvalue weighted by molar-refractivity contribution is -0.119. The van der Waals surface area contributed by atoms with Crippen LogP contribution in [-0.4, -0.2) is 53.7 Å². The topological polar surface area (TPSA) is 81.7 Å². The Bertz CT molecular complexity index is 535. The summed E-state index contributed by atoms with van der Waals surface area (Å²) in [6, 6.07) is 9.20. The number of urea groups is 1. The minimum atomic E-state index is -0.270. The summed E-state index contributed by atoms with van der Waals surface area (Å²) < 4.78 is 0. The number of aliphatic hydroxyl groups excluding tert-OH is 1. The van der Waals surface area contributed by atoms with Crippen LogP contribution in [0.3, 0.4) is 0 Å². The molecule has 0 unspecified atom stereocenters. The molecular weight excluding hydrogens is 294 g/mol. The van der Waals surface area contributed by atoms with Gasteiger partial charge in [-0.15, -0.1) is 0 Å². The van der Waals surface area contributed by atoms with Gasteiger partial charge < -0.3 is 20.6 Å². The molecule has 0 radical (unpaired) electrons. The molecule has 6 heteroatoms. The maximum Gasteiger partial charge on any atom is 0.318 e. The van der Waals surface area contributed by atoms with Gasteiger partial charge >= 0.3 is 6.03 Å². The van der Waals surface area contributed by atoms with Crippen LogP contribution in [0.4, 0.5) is 4.79 Å². The van der Waals surface area contributed by atoms with E-state index >= 15 is 0 Å². The fraction of sp³-hybridized carbons (Fsp3) is 0.529. The first-order valence-electron chi connectivity index (χ1n) is 8.06. The van der Waals surface area contributed by atoms with Gasteiger partial charge in [0.1, 0.15) is 0 Å². The number of carbonyl (C=O) groups excluding carboxylic acids is 2. The van der Waals surface area contributed by atoms with Crippen molar-refractivity contribution < 1.29 is 14.7 Å². The summed E-state index contributed by atoms with van der Waals surface area (Å²) in [5.74, 6) is -0.112. The lowest BCUT2D eigenvalue weighted by Gasteiger charge is -2.54. The predicted molar refractivity (Wildman–Crippen MR) is 88.1 cm³/mol. The quantitative estimate of drug-likeness (QED) is 0.733. The van der Waals surface area contributed by atoms with Gasteiger partial charge in [-0.05, 0) is 12.0 Å². The molecule has 0 saturated carbocycles. The molecule has 1 aromatic carbocycles. The van der Waals surface area contributed by atoms with Crippen LogP contribution >= 0.6 is 0 Å². The van der Waals surface area contributed by atoms with Crippen LogP contribution in [-0.2, 0) is 4.79 Å². The monoisotopic (exact) mass is 319 g/mol. The van der Waals surface area contributed by atoms with Crippen molar-refractivity contribution in [3.63, 3.8) is 0 Å². The molecule has 1 fully saturated rings. The van der Waals surface area contributed by atoms with Crippen molar-refractivity contribution in [3.05, 3.63) is 35.9 Å². The lowest BCUT2D eigenvalue weighted by Crippen LogP contribution is -2.70. The van der Waals surface area contributed by atoms with E-state index in [0.29, 0.717) is 13.1 Å². The second-order valence-corrected chi connectivity index (χ2v) is 5.83. The van der Waals surface area contributed by atoms with Crippen molar-refractivity contribution in [1.82, 2.24) is 15.5 Å². The van der Waals surface area contributed by atoms with Gasteiger partial charge in [-0.2, -0.15) is 0 Å². The predicted octanol–water partition coefficient (Wildman–Crippen LogP) is 1.07. The van der Waals surface area contributed by atoms with E-state index in [1.807, 2.05) is 37.3 Å². The van der Waals surface area contributed by atoms with Crippen molar-refractivity contribution in [2.45, 2.75) is 38.3 Å². The standard InChI is InChI=1S/C17H25N3O3/c1-3-9-18-17(23)20-14(10-19-12(2)22)16(15(20)11-21)13-7-5-4-6-8-13/h4-8,14-16,21H,3,9-11H2,1-2H3,(H,18,23)(H,19,22)/t14-,15+,16-/m0/s1. The molecule has 126 valence electrons. The molecular formula is C17H25N3O3. The fourth-order valence-corrected chi connectivity index (χ4v) is 3.17. The molecule has 1 heterocycles. The van der Waals surface area contributed by atoms with Crippen molar-refractivity contribution in [2.75, 3.05) is 19.7 Å². The number of benzene rings is 1. The minimum absolute atomic E-state index is 0.0143. The highest BCUT2D eigenvalue weighted by Crippen LogP contribution is 2.40. The third kappa shape index (κ3) is 3.82. The molecule has 23 heavy (non-hydrogen) atoms. The number of aliphatic hydroxyl groups is 1.